The Labute approximate surface area is 195 Å². The summed E-state index contributed by atoms with van der Waals surface area (Å²) in [4.78, 5) is 2.29. The molecule has 33 heavy (non-hydrogen) atoms. The van der Waals surface area contributed by atoms with Crippen molar-refractivity contribution < 1.29 is 0 Å². The molecule has 0 fully saturated rings. The molecule has 2 heteroatoms. The molecule has 0 atom stereocenters. The summed E-state index contributed by atoms with van der Waals surface area (Å²) in [6.45, 7) is 0. The molecule has 0 radical (unpaired) electrons. The second kappa shape index (κ2) is 8.14. The highest BCUT2D eigenvalue weighted by Crippen LogP contribution is 2.37. The molecule has 2 nitrogen and oxygen atoms in total. The van der Waals surface area contributed by atoms with Crippen LogP contribution in [0.15, 0.2) is 109 Å². The van der Waals surface area contributed by atoms with Crippen molar-refractivity contribution >= 4 is 28.4 Å². The van der Waals surface area contributed by atoms with E-state index >= 15 is 0 Å². The average molecular weight is 427 g/mol. The molecule has 0 aliphatic heterocycles. The largest absolute Gasteiger partial charge is 0.345 e. The first-order valence-electron chi connectivity index (χ1n) is 11.6. The van der Waals surface area contributed by atoms with Crippen LogP contribution < -0.4 is 4.90 Å². The van der Waals surface area contributed by atoms with E-state index < -0.39 is 0 Å². The first kappa shape index (κ1) is 19.6. The normalized spacial score (nSPS) is 12.6. The molecular formula is C31H26N2. The molecule has 160 valence electrons. The third-order valence-corrected chi connectivity index (χ3v) is 6.68. The summed E-state index contributed by atoms with van der Waals surface area (Å²) in [7, 11) is 2.16. The van der Waals surface area contributed by atoms with Gasteiger partial charge in [-0.25, -0.2) is 0 Å². The van der Waals surface area contributed by atoms with Crippen LogP contribution in [-0.4, -0.2) is 11.6 Å². The molecule has 1 aromatic heterocycles. The maximum Gasteiger partial charge on any atom is 0.0539 e. The summed E-state index contributed by atoms with van der Waals surface area (Å²) in [5, 5.41) is 1.35. The molecular weight excluding hydrogens is 400 g/mol. The molecule has 0 saturated heterocycles. The number of allylic oxidation sites excluding steroid dienone is 1. The molecule has 0 bridgehead atoms. The lowest BCUT2D eigenvalue weighted by Gasteiger charge is -2.21. The molecule has 5 aromatic rings. The first-order chi connectivity index (χ1) is 16.3. The van der Waals surface area contributed by atoms with E-state index in [2.05, 4.69) is 132 Å². The fourth-order valence-electron chi connectivity index (χ4n) is 4.96. The number of hydrogen-bond donors (Lipinski definition) is 0. The Bertz CT molecular complexity index is 1460. The van der Waals surface area contributed by atoms with E-state index in [0.29, 0.717) is 0 Å². The van der Waals surface area contributed by atoms with Gasteiger partial charge in [-0.1, -0.05) is 66.7 Å². The SMILES string of the molecule is CN(c1cccc(-c2ccccc2)c1)c1ccc2c(c1)c1c(n2-c2ccccc2)C=CCC1. The highest BCUT2D eigenvalue weighted by molar-refractivity contribution is 5.93. The lowest BCUT2D eigenvalue weighted by molar-refractivity contribution is 0.967. The molecule has 1 heterocycles. The van der Waals surface area contributed by atoms with Crippen molar-refractivity contribution in [2.24, 2.45) is 0 Å². The number of anilines is 2. The Morgan fingerprint density at radius 2 is 1.42 bits per heavy atom. The van der Waals surface area contributed by atoms with Crippen LogP contribution in [-0.2, 0) is 6.42 Å². The number of rotatable bonds is 4. The Hall–Kier alpha value is -4.04. The van der Waals surface area contributed by atoms with Crippen LogP contribution in [0.25, 0.3) is 33.8 Å². The average Bonchev–Trinajstić information content (AvgIpc) is 3.23. The summed E-state index contributed by atoms with van der Waals surface area (Å²) < 4.78 is 2.40. The van der Waals surface area contributed by atoms with E-state index in [1.54, 1.807) is 0 Å². The van der Waals surface area contributed by atoms with Crippen molar-refractivity contribution in [2.45, 2.75) is 12.8 Å². The van der Waals surface area contributed by atoms with Crippen molar-refractivity contribution in [3.63, 3.8) is 0 Å². The predicted octanol–water partition coefficient (Wildman–Crippen LogP) is 8.02. The Morgan fingerprint density at radius 1 is 0.697 bits per heavy atom. The maximum absolute atomic E-state index is 2.40. The molecule has 1 aliphatic carbocycles. The van der Waals surface area contributed by atoms with Crippen molar-refractivity contribution in [3.05, 3.63) is 120 Å². The third-order valence-electron chi connectivity index (χ3n) is 6.68. The first-order valence-corrected chi connectivity index (χ1v) is 11.6. The second-order valence-corrected chi connectivity index (χ2v) is 8.65. The van der Waals surface area contributed by atoms with Crippen LogP contribution in [0, 0.1) is 0 Å². The topological polar surface area (TPSA) is 8.17 Å². The van der Waals surface area contributed by atoms with Gasteiger partial charge in [-0.3, -0.25) is 0 Å². The molecule has 1 aliphatic rings. The Morgan fingerprint density at radius 3 is 2.24 bits per heavy atom. The number of para-hydroxylation sites is 1. The summed E-state index contributed by atoms with van der Waals surface area (Å²) in [6.07, 6.45) is 6.76. The minimum atomic E-state index is 1.08. The second-order valence-electron chi connectivity index (χ2n) is 8.65. The van der Waals surface area contributed by atoms with Crippen molar-refractivity contribution in [2.75, 3.05) is 11.9 Å². The zero-order chi connectivity index (χ0) is 22.2. The van der Waals surface area contributed by atoms with E-state index in [0.717, 1.165) is 12.8 Å². The summed E-state index contributed by atoms with van der Waals surface area (Å²) in [5.41, 5.74) is 10.1. The number of nitrogens with zero attached hydrogens (tertiary/aromatic N) is 2. The summed E-state index contributed by atoms with van der Waals surface area (Å²) >= 11 is 0. The molecule has 0 spiro atoms. The van der Waals surface area contributed by atoms with Gasteiger partial charge < -0.3 is 9.47 Å². The van der Waals surface area contributed by atoms with Crippen molar-refractivity contribution in [1.82, 2.24) is 4.57 Å². The molecule has 0 N–H and O–H groups in total. The van der Waals surface area contributed by atoms with Gasteiger partial charge in [0.1, 0.15) is 0 Å². The van der Waals surface area contributed by atoms with Gasteiger partial charge in [0.25, 0.3) is 0 Å². The van der Waals surface area contributed by atoms with Crippen LogP contribution in [0.1, 0.15) is 17.7 Å². The fraction of sp³-hybridized carbons (Fsp3) is 0.0968. The molecule has 0 unspecified atom stereocenters. The van der Waals surface area contributed by atoms with Gasteiger partial charge in [-0.15, -0.1) is 0 Å². The predicted molar refractivity (Wildman–Crippen MR) is 141 cm³/mol. The van der Waals surface area contributed by atoms with Crippen molar-refractivity contribution in [1.29, 1.82) is 0 Å². The molecule has 0 amide bonds. The van der Waals surface area contributed by atoms with Gasteiger partial charge >= 0.3 is 0 Å². The lowest BCUT2D eigenvalue weighted by Crippen LogP contribution is -2.09. The van der Waals surface area contributed by atoms with Gasteiger partial charge in [0.2, 0.25) is 0 Å². The minimum absolute atomic E-state index is 1.08. The van der Waals surface area contributed by atoms with Crippen molar-refractivity contribution in [3.8, 4) is 16.8 Å². The number of benzene rings is 4. The van der Waals surface area contributed by atoms with Crippen LogP contribution in [0.2, 0.25) is 0 Å². The summed E-state index contributed by atoms with van der Waals surface area (Å²) in [5.74, 6) is 0. The van der Waals surface area contributed by atoms with E-state index in [4.69, 9.17) is 0 Å². The quantitative estimate of drug-likeness (QED) is 0.282. The zero-order valence-corrected chi connectivity index (χ0v) is 18.8. The molecule has 6 rings (SSSR count). The third kappa shape index (κ3) is 3.44. The number of fused-ring (bicyclic) bond motifs is 3. The highest BCUT2D eigenvalue weighted by Gasteiger charge is 2.19. The zero-order valence-electron chi connectivity index (χ0n) is 18.8. The van der Waals surface area contributed by atoms with E-state index in [9.17, 15) is 0 Å². The number of aryl methyl sites for hydroxylation is 1. The van der Waals surface area contributed by atoms with Crippen LogP contribution >= 0.6 is 0 Å². The van der Waals surface area contributed by atoms with Crippen LogP contribution in [0.4, 0.5) is 11.4 Å². The number of hydrogen-bond acceptors (Lipinski definition) is 1. The van der Waals surface area contributed by atoms with Crippen LogP contribution in [0.3, 0.4) is 0 Å². The smallest absolute Gasteiger partial charge is 0.0539 e. The standard InChI is InChI=1S/C31H26N2/c1-32(26-16-10-13-24(21-26)23-11-4-2-5-12-23)27-19-20-31-29(22-27)28-17-8-9-18-30(28)33(31)25-14-6-3-7-15-25/h2-7,9-16,18-22H,8,17H2,1H3. The van der Waals surface area contributed by atoms with E-state index in [-0.39, 0.29) is 0 Å². The Balaban J connectivity index is 1.45. The summed E-state index contributed by atoms with van der Waals surface area (Å²) in [6, 6.07) is 36.9. The van der Waals surface area contributed by atoms with Gasteiger partial charge in [-0.2, -0.15) is 0 Å². The lowest BCUT2D eigenvalue weighted by atomic mass is 10.0. The molecule has 0 saturated carbocycles. The van der Waals surface area contributed by atoms with E-state index in [1.165, 1.54) is 50.3 Å². The number of aromatic nitrogens is 1. The van der Waals surface area contributed by atoms with Gasteiger partial charge in [0, 0.05) is 35.2 Å². The maximum atomic E-state index is 2.40. The van der Waals surface area contributed by atoms with E-state index in [1.807, 2.05) is 0 Å². The highest BCUT2D eigenvalue weighted by atomic mass is 15.1. The van der Waals surface area contributed by atoms with Crippen LogP contribution in [0.5, 0.6) is 0 Å². The van der Waals surface area contributed by atoms with Gasteiger partial charge in [0.05, 0.1) is 5.52 Å². The van der Waals surface area contributed by atoms with Gasteiger partial charge in [0.15, 0.2) is 0 Å². The fourth-order valence-corrected chi connectivity index (χ4v) is 4.96. The minimum Gasteiger partial charge on any atom is -0.345 e. The molecule has 4 aromatic carbocycles. The van der Waals surface area contributed by atoms with Gasteiger partial charge in [-0.05, 0) is 78.1 Å². The Kier molecular flexibility index (Phi) is 4.84. The monoisotopic (exact) mass is 426 g/mol.